The average Bonchev–Trinajstić information content (AvgIpc) is 2.89. The van der Waals surface area contributed by atoms with Gasteiger partial charge in [-0.05, 0) is 31.0 Å². The molecule has 1 aromatic rings. The Morgan fingerprint density at radius 1 is 1.40 bits per heavy atom. The molecular weight excluding hydrogens is 276 g/mol. The van der Waals surface area contributed by atoms with E-state index in [0.717, 1.165) is 12.0 Å². The van der Waals surface area contributed by atoms with Gasteiger partial charge in [-0.2, -0.15) is 4.31 Å². The standard InChI is InChI=1S/C14H22N2O3S/c1-15-9-13-5-3-4-6-14(13)20(17,18)16-8-7-12(10-16)11-19-2/h3-6,12,15H,7-11H2,1-2H3. The minimum absolute atomic E-state index is 0.297. The normalized spacial score (nSPS) is 20.4. The predicted octanol–water partition coefficient (Wildman–Crippen LogP) is 1.06. The van der Waals surface area contributed by atoms with Crippen molar-refractivity contribution in [3.63, 3.8) is 0 Å². The molecule has 112 valence electrons. The van der Waals surface area contributed by atoms with Crippen LogP contribution in [-0.4, -0.2) is 46.6 Å². The van der Waals surface area contributed by atoms with Crippen LogP contribution < -0.4 is 5.32 Å². The van der Waals surface area contributed by atoms with Gasteiger partial charge in [0, 0.05) is 26.7 Å². The van der Waals surface area contributed by atoms with Gasteiger partial charge in [-0.3, -0.25) is 0 Å². The second-order valence-electron chi connectivity index (χ2n) is 5.11. The van der Waals surface area contributed by atoms with E-state index in [1.165, 1.54) is 0 Å². The molecule has 1 fully saturated rings. The summed E-state index contributed by atoms with van der Waals surface area (Å²) >= 11 is 0. The van der Waals surface area contributed by atoms with Crippen LogP contribution in [0.4, 0.5) is 0 Å². The third kappa shape index (κ3) is 3.20. The Labute approximate surface area is 121 Å². The summed E-state index contributed by atoms with van der Waals surface area (Å²) in [5.74, 6) is 0.297. The maximum absolute atomic E-state index is 12.7. The van der Waals surface area contributed by atoms with Crippen LogP contribution in [0.15, 0.2) is 29.2 Å². The van der Waals surface area contributed by atoms with Crippen molar-refractivity contribution < 1.29 is 13.2 Å². The average molecular weight is 298 g/mol. The summed E-state index contributed by atoms with van der Waals surface area (Å²) in [5.41, 5.74) is 0.810. The molecule has 1 heterocycles. The molecule has 1 unspecified atom stereocenters. The zero-order valence-electron chi connectivity index (χ0n) is 12.0. The maximum atomic E-state index is 12.7. The van der Waals surface area contributed by atoms with Crippen molar-refractivity contribution >= 4 is 10.0 Å². The zero-order chi connectivity index (χ0) is 14.6. The lowest BCUT2D eigenvalue weighted by atomic mass is 10.1. The second-order valence-corrected chi connectivity index (χ2v) is 7.02. The highest BCUT2D eigenvalue weighted by Crippen LogP contribution is 2.26. The minimum Gasteiger partial charge on any atom is -0.384 e. The van der Waals surface area contributed by atoms with E-state index in [4.69, 9.17) is 4.74 Å². The van der Waals surface area contributed by atoms with Gasteiger partial charge in [0.2, 0.25) is 10.0 Å². The monoisotopic (exact) mass is 298 g/mol. The quantitative estimate of drug-likeness (QED) is 0.853. The smallest absolute Gasteiger partial charge is 0.243 e. The molecule has 1 aliphatic heterocycles. The number of ether oxygens (including phenoxy) is 1. The first-order valence-electron chi connectivity index (χ1n) is 6.81. The van der Waals surface area contributed by atoms with E-state index in [-0.39, 0.29) is 0 Å². The molecule has 0 amide bonds. The highest BCUT2D eigenvalue weighted by atomic mass is 32.2. The minimum atomic E-state index is -3.41. The van der Waals surface area contributed by atoms with Gasteiger partial charge in [0.25, 0.3) is 0 Å². The Bertz CT molecular complexity index is 545. The molecule has 0 aliphatic carbocycles. The van der Waals surface area contributed by atoms with Gasteiger partial charge in [-0.25, -0.2) is 8.42 Å². The number of benzene rings is 1. The van der Waals surface area contributed by atoms with E-state index >= 15 is 0 Å². The fourth-order valence-electron chi connectivity index (χ4n) is 2.62. The Balaban J connectivity index is 2.23. The van der Waals surface area contributed by atoms with Crippen molar-refractivity contribution in [2.24, 2.45) is 5.92 Å². The van der Waals surface area contributed by atoms with Crippen LogP contribution in [0, 0.1) is 5.92 Å². The summed E-state index contributed by atoms with van der Waals surface area (Å²) in [6.45, 7) is 2.28. The van der Waals surface area contributed by atoms with Gasteiger partial charge < -0.3 is 10.1 Å². The van der Waals surface area contributed by atoms with Gasteiger partial charge in [-0.15, -0.1) is 0 Å². The SMILES string of the molecule is CNCc1ccccc1S(=O)(=O)N1CCC(COC)C1. The van der Waals surface area contributed by atoms with Crippen molar-refractivity contribution in [1.29, 1.82) is 0 Å². The van der Waals surface area contributed by atoms with Crippen LogP contribution >= 0.6 is 0 Å². The van der Waals surface area contributed by atoms with E-state index in [1.54, 1.807) is 23.5 Å². The highest BCUT2D eigenvalue weighted by molar-refractivity contribution is 7.89. The van der Waals surface area contributed by atoms with E-state index in [0.29, 0.717) is 37.1 Å². The van der Waals surface area contributed by atoms with Gasteiger partial charge >= 0.3 is 0 Å². The molecule has 0 bridgehead atoms. The number of sulfonamides is 1. The summed E-state index contributed by atoms with van der Waals surface area (Å²) in [4.78, 5) is 0.410. The van der Waals surface area contributed by atoms with Crippen LogP contribution in [0.1, 0.15) is 12.0 Å². The molecule has 1 aliphatic rings. The van der Waals surface area contributed by atoms with Crippen LogP contribution in [0.3, 0.4) is 0 Å². The first kappa shape index (κ1) is 15.4. The molecule has 0 spiro atoms. The molecule has 6 heteroatoms. The molecule has 0 saturated carbocycles. The van der Waals surface area contributed by atoms with Crippen LogP contribution in [0.2, 0.25) is 0 Å². The van der Waals surface area contributed by atoms with Gasteiger partial charge in [0.05, 0.1) is 11.5 Å². The molecular formula is C14H22N2O3S. The molecule has 1 saturated heterocycles. The van der Waals surface area contributed by atoms with Gasteiger partial charge in [-0.1, -0.05) is 18.2 Å². The summed E-state index contributed by atoms with van der Waals surface area (Å²) in [5, 5.41) is 3.01. The van der Waals surface area contributed by atoms with E-state index < -0.39 is 10.0 Å². The van der Waals surface area contributed by atoms with E-state index in [9.17, 15) is 8.42 Å². The largest absolute Gasteiger partial charge is 0.384 e. The molecule has 0 radical (unpaired) electrons. The second kappa shape index (κ2) is 6.67. The van der Waals surface area contributed by atoms with Crippen LogP contribution in [0.5, 0.6) is 0 Å². The van der Waals surface area contributed by atoms with Gasteiger partial charge in [0.15, 0.2) is 0 Å². The lowest BCUT2D eigenvalue weighted by Gasteiger charge is -2.18. The fraction of sp³-hybridized carbons (Fsp3) is 0.571. The van der Waals surface area contributed by atoms with Crippen molar-refractivity contribution in [2.75, 3.05) is 33.9 Å². The molecule has 5 nitrogen and oxygen atoms in total. The summed E-state index contributed by atoms with van der Waals surface area (Å²) in [6, 6.07) is 7.18. The number of rotatable bonds is 6. The van der Waals surface area contributed by atoms with Crippen LogP contribution in [-0.2, 0) is 21.3 Å². The van der Waals surface area contributed by atoms with Gasteiger partial charge in [0.1, 0.15) is 0 Å². The van der Waals surface area contributed by atoms with Crippen molar-refractivity contribution in [1.82, 2.24) is 9.62 Å². The van der Waals surface area contributed by atoms with Crippen molar-refractivity contribution in [2.45, 2.75) is 17.9 Å². The predicted molar refractivity (Wildman–Crippen MR) is 77.9 cm³/mol. The molecule has 1 atom stereocenters. The zero-order valence-corrected chi connectivity index (χ0v) is 12.8. The Morgan fingerprint density at radius 3 is 2.85 bits per heavy atom. The van der Waals surface area contributed by atoms with Crippen molar-refractivity contribution in [3.8, 4) is 0 Å². The summed E-state index contributed by atoms with van der Waals surface area (Å²) in [7, 11) is 0.0605. The number of nitrogens with zero attached hydrogens (tertiary/aromatic N) is 1. The number of methoxy groups -OCH3 is 1. The first-order valence-corrected chi connectivity index (χ1v) is 8.25. The third-order valence-electron chi connectivity index (χ3n) is 3.61. The maximum Gasteiger partial charge on any atom is 0.243 e. The Morgan fingerprint density at radius 2 is 2.15 bits per heavy atom. The summed E-state index contributed by atoms with van der Waals surface area (Å²) in [6.07, 6.45) is 0.862. The van der Waals surface area contributed by atoms with E-state index in [1.807, 2.05) is 19.2 Å². The lowest BCUT2D eigenvalue weighted by Crippen LogP contribution is -2.30. The highest BCUT2D eigenvalue weighted by Gasteiger charge is 2.33. The molecule has 2 rings (SSSR count). The fourth-order valence-corrected chi connectivity index (χ4v) is 4.37. The molecule has 0 aromatic heterocycles. The molecule has 20 heavy (non-hydrogen) atoms. The Kier molecular flexibility index (Phi) is 5.15. The molecule has 1 N–H and O–H groups in total. The van der Waals surface area contributed by atoms with E-state index in [2.05, 4.69) is 5.32 Å². The third-order valence-corrected chi connectivity index (χ3v) is 5.57. The van der Waals surface area contributed by atoms with Crippen molar-refractivity contribution in [3.05, 3.63) is 29.8 Å². The lowest BCUT2D eigenvalue weighted by molar-refractivity contribution is 0.157. The molecule has 1 aromatic carbocycles. The number of hydrogen-bond donors (Lipinski definition) is 1. The first-order chi connectivity index (χ1) is 9.59. The number of hydrogen-bond acceptors (Lipinski definition) is 4. The summed E-state index contributed by atoms with van der Waals surface area (Å²) < 4.78 is 32.2. The van der Waals surface area contributed by atoms with Crippen LogP contribution in [0.25, 0.3) is 0 Å². The Hall–Kier alpha value is -0.950. The number of nitrogens with one attached hydrogen (secondary N) is 1. The topological polar surface area (TPSA) is 58.6 Å².